The standard InChI is InChI=1S/C23H22F3N3O4/c1-29-19(30)22(28-20(29)27)12-21(8-3-9-31-13-21)33-18-7-6-15(11-17(18)22)14-4-2-5-16(10-14)32-23(24,25)26/h2,4-7,10-11H,3,8-9,12-13H2,1H3,(H2,27,28)/t21-,22-/m0/s1. The van der Waals surface area contributed by atoms with E-state index in [2.05, 4.69) is 9.73 Å². The van der Waals surface area contributed by atoms with E-state index in [4.69, 9.17) is 15.2 Å². The lowest BCUT2D eigenvalue weighted by Gasteiger charge is -2.46. The van der Waals surface area contributed by atoms with E-state index in [1.165, 1.54) is 23.1 Å². The second-order valence-corrected chi connectivity index (χ2v) is 8.60. The zero-order valence-corrected chi connectivity index (χ0v) is 17.8. The van der Waals surface area contributed by atoms with Crippen LogP contribution in [0.3, 0.4) is 0 Å². The van der Waals surface area contributed by atoms with Crippen molar-refractivity contribution >= 4 is 11.9 Å². The van der Waals surface area contributed by atoms with Crippen LogP contribution in [0, 0.1) is 0 Å². The van der Waals surface area contributed by atoms with Gasteiger partial charge in [-0.1, -0.05) is 18.2 Å². The maximum absolute atomic E-state index is 13.4. The van der Waals surface area contributed by atoms with Crippen LogP contribution in [0.2, 0.25) is 0 Å². The van der Waals surface area contributed by atoms with Crippen LogP contribution in [0.4, 0.5) is 13.2 Å². The molecule has 0 bridgehead atoms. The Balaban J connectivity index is 1.61. The average molecular weight is 461 g/mol. The fourth-order valence-corrected chi connectivity index (χ4v) is 4.86. The number of amides is 1. The molecule has 2 atom stereocenters. The van der Waals surface area contributed by atoms with Gasteiger partial charge in [0.05, 0.1) is 6.61 Å². The maximum atomic E-state index is 13.4. The predicted octanol–water partition coefficient (Wildman–Crippen LogP) is 3.57. The van der Waals surface area contributed by atoms with Gasteiger partial charge in [-0.15, -0.1) is 13.2 Å². The molecule has 0 unspecified atom stereocenters. The van der Waals surface area contributed by atoms with Crippen molar-refractivity contribution in [1.82, 2.24) is 4.90 Å². The number of likely N-dealkylation sites (N-methyl/N-ethyl adjacent to an activating group) is 1. The Morgan fingerprint density at radius 3 is 2.64 bits per heavy atom. The van der Waals surface area contributed by atoms with E-state index in [9.17, 15) is 18.0 Å². The van der Waals surface area contributed by atoms with E-state index >= 15 is 0 Å². The highest BCUT2D eigenvalue weighted by Gasteiger charge is 2.58. The van der Waals surface area contributed by atoms with Crippen LogP contribution in [-0.4, -0.2) is 49.0 Å². The number of hydrogen-bond donors (Lipinski definition) is 1. The molecule has 2 aromatic rings. The first-order valence-electron chi connectivity index (χ1n) is 10.5. The van der Waals surface area contributed by atoms with Gasteiger partial charge in [0.2, 0.25) is 0 Å². The molecule has 2 aromatic carbocycles. The quantitative estimate of drug-likeness (QED) is 0.739. The summed E-state index contributed by atoms with van der Waals surface area (Å²) in [5.41, 5.74) is 5.65. The molecule has 1 amide bonds. The Morgan fingerprint density at radius 2 is 1.97 bits per heavy atom. The molecule has 0 aliphatic carbocycles. The number of ether oxygens (including phenoxy) is 3. The third-order valence-corrected chi connectivity index (χ3v) is 6.32. The van der Waals surface area contributed by atoms with Crippen molar-refractivity contribution < 1.29 is 32.2 Å². The number of nitrogens with two attached hydrogens (primary N) is 1. The highest BCUT2D eigenvalue weighted by atomic mass is 19.4. The lowest BCUT2D eigenvalue weighted by Crippen LogP contribution is -2.55. The second-order valence-electron chi connectivity index (χ2n) is 8.60. The number of halogens is 3. The number of carbonyl (C=O) groups is 1. The Labute approximate surface area is 187 Å². The van der Waals surface area contributed by atoms with E-state index in [1.807, 2.05) is 0 Å². The third-order valence-electron chi connectivity index (χ3n) is 6.32. The van der Waals surface area contributed by atoms with Gasteiger partial charge in [0.1, 0.15) is 17.1 Å². The summed E-state index contributed by atoms with van der Waals surface area (Å²) in [6.07, 6.45) is -3.04. The van der Waals surface area contributed by atoms with E-state index in [1.54, 1.807) is 31.3 Å². The number of rotatable bonds is 2. The number of carbonyl (C=O) groups excluding carboxylic acids is 1. The van der Waals surface area contributed by atoms with Crippen LogP contribution < -0.4 is 15.2 Å². The summed E-state index contributed by atoms with van der Waals surface area (Å²) in [4.78, 5) is 19.3. The third kappa shape index (κ3) is 3.68. The van der Waals surface area contributed by atoms with Crippen molar-refractivity contribution in [2.45, 2.75) is 36.8 Å². The van der Waals surface area contributed by atoms with Crippen molar-refractivity contribution in [3.8, 4) is 22.6 Å². The Kier molecular flexibility index (Phi) is 4.82. The topological polar surface area (TPSA) is 86.4 Å². The minimum Gasteiger partial charge on any atom is -0.484 e. The SMILES string of the molecule is CN1C(=O)[C@@]2(C[C@]3(CCCOC3)Oc3ccc(-c4cccc(OC(F)(F)F)c4)cc32)N=C1N. The smallest absolute Gasteiger partial charge is 0.484 e. The van der Waals surface area contributed by atoms with Gasteiger partial charge in [-0.2, -0.15) is 0 Å². The van der Waals surface area contributed by atoms with Gasteiger partial charge in [-0.05, 0) is 48.2 Å². The number of alkyl halides is 3. The largest absolute Gasteiger partial charge is 0.573 e. The molecule has 7 nitrogen and oxygen atoms in total. The first-order chi connectivity index (χ1) is 15.6. The second kappa shape index (κ2) is 7.38. The molecule has 10 heteroatoms. The van der Waals surface area contributed by atoms with Crippen LogP contribution in [0.1, 0.15) is 24.8 Å². The molecule has 2 N–H and O–H groups in total. The Bertz CT molecular complexity index is 1140. The van der Waals surface area contributed by atoms with E-state index in [-0.39, 0.29) is 24.0 Å². The van der Waals surface area contributed by atoms with Crippen molar-refractivity contribution in [1.29, 1.82) is 0 Å². The van der Waals surface area contributed by atoms with Crippen LogP contribution in [-0.2, 0) is 15.1 Å². The molecule has 2 spiro atoms. The number of fused-ring (bicyclic) bond motifs is 2. The van der Waals surface area contributed by atoms with Gasteiger partial charge in [-0.25, -0.2) is 4.99 Å². The van der Waals surface area contributed by atoms with Crippen molar-refractivity contribution in [3.63, 3.8) is 0 Å². The molecular formula is C23H22F3N3O4. The van der Waals surface area contributed by atoms with Gasteiger partial charge in [0, 0.05) is 25.6 Å². The number of nitrogens with zero attached hydrogens (tertiary/aromatic N) is 2. The molecule has 0 radical (unpaired) electrons. The zero-order valence-electron chi connectivity index (χ0n) is 17.8. The number of benzene rings is 2. The molecular weight excluding hydrogens is 439 g/mol. The highest BCUT2D eigenvalue weighted by molar-refractivity contribution is 6.07. The number of guanidine groups is 1. The van der Waals surface area contributed by atoms with Gasteiger partial charge >= 0.3 is 6.36 Å². The fraction of sp³-hybridized carbons (Fsp3) is 0.391. The average Bonchev–Trinajstić information content (AvgIpc) is 2.97. The van der Waals surface area contributed by atoms with E-state index in [0.29, 0.717) is 42.1 Å². The molecule has 174 valence electrons. The molecule has 3 aliphatic heterocycles. The summed E-state index contributed by atoms with van der Waals surface area (Å²) < 4.78 is 54.1. The van der Waals surface area contributed by atoms with Crippen LogP contribution in [0.25, 0.3) is 11.1 Å². The molecule has 3 aliphatic rings. The molecule has 1 saturated heterocycles. The Hall–Kier alpha value is -3.27. The predicted molar refractivity (Wildman–Crippen MR) is 113 cm³/mol. The number of hydrogen-bond acceptors (Lipinski definition) is 6. The first kappa shape index (κ1) is 21.6. The molecule has 5 rings (SSSR count). The minimum atomic E-state index is -4.80. The normalized spacial score (nSPS) is 26.8. The van der Waals surface area contributed by atoms with E-state index in [0.717, 1.165) is 6.42 Å². The molecule has 33 heavy (non-hydrogen) atoms. The Morgan fingerprint density at radius 1 is 1.18 bits per heavy atom. The van der Waals surface area contributed by atoms with Gasteiger partial charge in [0.15, 0.2) is 11.5 Å². The van der Waals surface area contributed by atoms with Gasteiger partial charge in [-0.3, -0.25) is 9.69 Å². The molecule has 0 aromatic heterocycles. The monoisotopic (exact) mass is 461 g/mol. The van der Waals surface area contributed by atoms with Gasteiger partial charge in [0.25, 0.3) is 5.91 Å². The lowest BCUT2D eigenvalue weighted by molar-refractivity contribution is -0.274. The first-order valence-corrected chi connectivity index (χ1v) is 10.5. The summed E-state index contributed by atoms with van der Waals surface area (Å²) in [6, 6.07) is 10.8. The van der Waals surface area contributed by atoms with Crippen LogP contribution in [0.15, 0.2) is 47.5 Å². The van der Waals surface area contributed by atoms with Crippen molar-refractivity contribution in [2.75, 3.05) is 20.3 Å². The summed E-state index contributed by atoms with van der Waals surface area (Å²) in [6.45, 7) is 0.957. The summed E-state index contributed by atoms with van der Waals surface area (Å²) in [5, 5.41) is 0. The maximum Gasteiger partial charge on any atom is 0.573 e. The summed E-state index contributed by atoms with van der Waals surface area (Å²) >= 11 is 0. The summed E-state index contributed by atoms with van der Waals surface area (Å²) in [5.74, 6) is -0.0224. The zero-order chi connectivity index (χ0) is 23.4. The lowest BCUT2D eigenvalue weighted by atomic mass is 9.74. The molecule has 0 saturated carbocycles. The molecule has 3 heterocycles. The van der Waals surface area contributed by atoms with E-state index < -0.39 is 17.5 Å². The number of aliphatic imine (C=N–C) groups is 1. The van der Waals surface area contributed by atoms with Crippen LogP contribution in [0.5, 0.6) is 11.5 Å². The highest BCUT2D eigenvalue weighted by Crippen LogP contribution is 2.51. The molecule has 1 fully saturated rings. The fourth-order valence-electron chi connectivity index (χ4n) is 4.86. The van der Waals surface area contributed by atoms with Crippen molar-refractivity contribution in [3.05, 3.63) is 48.0 Å². The van der Waals surface area contributed by atoms with Crippen LogP contribution >= 0.6 is 0 Å². The van der Waals surface area contributed by atoms with Gasteiger partial charge < -0.3 is 19.9 Å². The van der Waals surface area contributed by atoms with Crippen molar-refractivity contribution in [2.24, 2.45) is 10.7 Å². The minimum absolute atomic E-state index is 0.103. The summed E-state index contributed by atoms with van der Waals surface area (Å²) in [7, 11) is 1.57.